The van der Waals surface area contributed by atoms with E-state index in [9.17, 15) is 20.0 Å². The van der Waals surface area contributed by atoms with Crippen LogP contribution in [0.1, 0.15) is 31.8 Å². The minimum absolute atomic E-state index is 0.0350. The number of carbonyl (C=O) groups excluding carboxylic acids is 1. The molecule has 1 atom stereocenters. The second-order valence-corrected chi connectivity index (χ2v) is 6.39. The van der Waals surface area contributed by atoms with Crippen LogP contribution in [0, 0.1) is 16.0 Å². The van der Waals surface area contributed by atoms with Crippen LogP contribution < -0.4 is 10.2 Å². The maximum absolute atomic E-state index is 11.8. The lowest BCUT2D eigenvalue weighted by Crippen LogP contribution is -2.36. The molecule has 0 bridgehead atoms. The van der Waals surface area contributed by atoms with Crippen LogP contribution >= 0.6 is 11.3 Å². The van der Waals surface area contributed by atoms with Gasteiger partial charge in [-0.05, 0) is 12.8 Å². The molecule has 1 aromatic heterocycles. The number of nitro groups is 1. The Morgan fingerprint density at radius 3 is 2.62 bits per heavy atom. The van der Waals surface area contributed by atoms with Crippen molar-refractivity contribution in [2.75, 3.05) is 25.0 Å². The first-order valence-electron chi connectivity index (χ1n) is 6.66. The van der Waals surface area contributed by atoms with Crippen molar-refractivity contribution in [3.8, 4) is 0 Å². The van der Waals surface area contributed by atoms with E-state index >= 15 is 0 Å². The van der Waals surface area contributed by atoms with E-state index < -0.39 is 11.0 Å². The first-order chi connectivity index (χ1) is 9.72. The molecule has 0 radical (unpaired) electrons. The Kier molecular flexibility index (Phi) is 6.10. The van der Waals surface area contributed by atoms with Crippen molar-refractivity contribution in [2.45, 2.75) is 26.9 Å². The third-order valence-electron chi connectivity index (χ3n) is 2.76. The average Bonchev–Trinajstić information content (AvgIpc) is 2.81. The summed E-state index contributed by atoms with van der Waals surface area (Å²) in [6, 6.07) is 1.35. The highest BCUT2D eigenvalue weighted by Gasteiger charge is 2.24. The van der Waals surface area contributed by atoms with Gasteiger partial charge < -0.3 is 15.3 Å². The van der Waals surface area contributed by atoms with Crippen molar-refractivity contribution in [3.63, 3.8) is 0 Å². The molecule has 0 aliphatic rings. The van der Waals surface area contributed by atoms with Gasteiger partial charge in [0.05, 0.1) is 17.6 Å². The number of hydrogen-bond donors (Lipinski definition) is 2. The number of hydrogen-bond acceptors (Lipinski definition) is 6. The SMILES string of the molecule is CC(C)CNC(=O)CN(C)c1sc([C@@H](C)O)cc1[N+](=O)[O-]. The molecule has 0 aliphatic carbocycles. The maximum atomic E-state index is 11.8. The van der Waals surface area contributed by atoms with Crippen molar-refractivity contribution >= 4 is 27.9 Å². The standard InChI is InChI=1S/C13H21N3O4S/c1-8(2)6-14-12(18)7-15(4)13-10(16(19)20)5-11(21-13)9(3)17/h5,8-9,17H,6-7H2,1-4H3,(H,14,18)/t9-/m1/s1. The molecule has 118 valence electrons. The third-order valence-corrected chi connectivity index (χ3v) is 4.16. The number of aliphatic hydroxyl groups is 1. The van der Waals surface area contributed by atoms with Gasteiger partial charge in [0.15, 0.2) is 5.00 Å². The largest absolute Gasteiger partial charge is 0.388 e. The zero-order valence-corrected chi connectivity index (χ0v) is 13.4. The van der Waals surface area contributed by atoms with E-state index in [4.69, 9.17) is 0 Å². The predicted octanol–water partition coefficient (Wildman–Crippen LogP) is 1.92. The number of anilines is 1. The van der Waals surface area contributed by atoms with E-state index in [0.29, 0.717) is 22.3 Å². The highest BCUT2D eigenvalue weighted by atomic mass is 32.1. The summed E-state index contributed by atoms with van der Waals surface area (Å²) >= 11 is 1.12. The first-order valence-corrected chi connectivity index (χ1v) is 7.48. The van der Waals surface area contributed by atoms with Crippen molar-refractivity contribution in [3.05, 3.63) is 21.1 Å². The molecule has 0 saturated heterocycles. The maximum Gasteiger partial charge on any atom is 0.304 e. The summed E-state index contributed by atoms with van der Waals surface area (Å²) in [5, 5.41) is 23.7. The van der Waals surface area contributed by atoms with Crippen LogP contribution in [0.15, 0.2) is 6.07 Å². The summed E-state index contributed by atoms with van der Waals surface area (Å²) in [7, 11) is 1.62. The Morgan fingerprint density at radius 1 is 1.52 bits per heavy atom. The Labute approximate surface area is 127 Å². The molecule has 1 heterocycles. The quantitative estimate of drug-likeness (QED) is 0.592. The highest BCUT2D eigenvalue weighted by molar-refractivity contribution is 7.16. The van der Waals surface area contributed by atoms with Crippen molar-refractivity contribution in [2.24, 2.45) is 5.92 Å². The molecule has 0 aromatic carbocycles. The predicted molar refractivity (Wildman–Crippen MR) is 82.7 cm³/mol. The van der Waals surface area contributed by atoms with Gasteiger partial charge in [-0.2, -0.15) is 0 Å². The highest BCUT2D eigenvalue weighted by Crippen LogP contribution is 2.39. The molecule has 0 spiro atoms. The summed E-state index contributed by atoms with van der Waals surface area (Å²) < 4.78 is 0. The van der Waals surface area contributed by atoms with Gasteiger partial charge in [-0.15, -0.1) is 11.3 Å². The Hall–Kier alpha value is -1.67. The number of rotatable bonds is 7. The van der Waals surface area contributed by atoms with E-state index in [1.54, 1.807) is 14.0 Å². The van der Waals surface area contributed by atoms with Crippen LogP contribution in [0.4, 0.5) is 10.7 Å². The van der Waals surface area contributed by atoms with Crippen molar-refractivity contribution in [1.29, 1.82) is 0 Å². The number of nitrogens with one attached hydrogen (secondary N) is 1. The van der Waals surface area contributed by atoms with Gasteiger partial charge >= 0.3 is 5.69 Å². The Morgan fingerprint density at radius 2 is 2.14 bits per heavy atom. The molecule has 1 amide bonds. The van der Waals surface area contributed by atoms with Gasteiger partial charge in [-0.25, -0.2) is 0 Å². The van der Waals surface area contributed by atoms with Crippen molar-refractivity contribution in [1.82, 2.24) is 5.32 Å². The van der Waals surface area contributed by atoms with Crippen molar-refractivity contribution < 1.29 is 14.8 Å². The second-order valence-electron chi connectivity index (χ2n) is 5.33. The minimum atomic E-state index is -0.773. The van der Waals surface area contributed by atoms with E-state index in [-0.39, 0.29) is 18.1 Å². The summed E-state index contributed by atoms with van der Waals surface area (Å²) in [5.74, 6) is 0.157. The first kappa shape index (κ1) is 17.4. The Balaban J connectivity index is 2.83. The third kappa shape index (κ3) is 4.98. The molecule has 8 heteroatoms. The van der Waals surface area contributed by atoms with Crippen LogP contribution in [0.2, 0.25) is 0 Å². The molecule has 0 unspecified atom stereocenters. The van der Waals surface area contributed by atoms with Gasteiger partial charge in [0.25, 0.3) is 0 Å². The molecule has 1 aromatic rings. The number of aliphatic hydroxyl groups excluding tert-OH is 1. The van der Waals surface area contributed by atoms with Gasteiger partial charge in [-0.1, -0.05) is 13.8 Å². The normalized spacial score (nSPS) is 12.3. The molecule has 1 rings (SSSR count). The number of likely N-dealkylation sites (N-methyl/N-ethyl adjacent to an activating group) is 1. The Bertz CT molecular complexity index is 514. The number of thiophene rings is 1. The van der Waals surface area contributed by atoms with E-state index in [1.165, 1.54) is 11.0 Å². The fraction of sp³-hybridized carbons (Fsp3) is 0.615. The average molecular weight is 315 g/mol. The minimum Gasteiger partial charge on any atom is -0.388 e. The smallest absolute Gasteiger partial charge is 0.304 e. The number of amides is 1. The topological polar surface area (TPSA) is 95.7 Å². The van der Waals surface area contributed by atoms with Crippen LogP contribution in [-0.2, 0) is 4.79 Å². The number of nitrogens with zero attached hydrogens (tertiary/aromatic N) is 2. The summed E-state index contributed by atoms with van der Waals surface area (Å²) in [5.41, 5.74) is -0.0879. The van der Waals surface area contributed by atoms with Crippen LogP contribution in [0.5, 0.6) is 0 Å². The zero-order valence-electron chi connectivity index (χ0n) is 12.6. The molecule has 2 N–H and O–H groups in total. The molecule has 0 fully saturated rings. The van der Waals surface area contributed by atoms with Crippen LogP contribution in [0.3, 0.4) is 0 Å². The van der Waals surface area contributed by atoms with Gasteiger partial charge in [0.2, 0.25) is 5.91 Å². The zero-order chi connectivity index (χ0) is 16.2. The van der Waals surface area contributed by atoms with Gasteiger partial charge in [0, 0.05) is 24.5 Å². The molecular formula is C13H21N3O4S. The fourth-order valence-electron chi connectivity index (χ4n) is 1.66. The fourth-order valence-corrected chi connectivity index (χ4v) is 2.68. The number of carbonyl (C=O) groups is 1. The molecular weight excluding hydrogens is 294 g/mol. The van der Waals surface area contributed by atoms with E-state index in [0.717, 1.165) is 11.3 Å². The summed E-state index contributed by atoms with van der Waals surface area (Å²) in [6.45, 7) is 6.13. The van der Waals surface area contributed by atoms with Gasteiger partial charge in [-0.3, -0.25) is 14.9 Å². The van der Waals surface area contributed by atoms with Crippen LogP contribution in [-0.4, -0.2) is 36.1 Å². The monoisotopic (exact) mass is 315 g/mol. The lowest BCUT2D eigenvalue weighted by Gasteiger charge is -2.16. The molecule has 21 heavy (non-hydrogen) atoms. The van der Waals surface area contributed by atoms with E-state index in [1.807, 2.05) is 13.8 Å². The van der Waals surface area contributed by atoms with E-state index in [2.05, 4.69) is 5.32 Å². The second kappa shape index (κ2) is 7.37. The molecule has 0 aliphatic heterocycles. The lowest BCUT2D eigenvalue weighted by atomic mass is 10.2. The summed E-state index contributed by atoms with van der Waals surface area (Å²) in [4.78, 5) is 24.4. The molecule has 0 saturated carbocycles. The van der Waals surface area contributed by atoms with Crippen LogP contribution in [0.25, 0.3) is 0 Å². The summed E-state index contributed by atoms with van der Waals surface area (Å²) in [6.07, 6.45) is -0.773. The molecule has 7 nitrogen and oxygen atoms in total. The lowest BCUT2D eigenvalue weighted by molar-refractivity contribution is -0.383. The van der Waals surface area contributed by atoms with Gasteiger partial charge in [0.1, 0.15) is 0 Å².